The minimum Gasteiger partial charge on any atom is -0.369 e. The van der Waals surface area contributed by atoms with Crippen LogP contribution in [-0.4, -0.2) is 55.1 Å². The van der Waals surface area contributed by atoms with Gasteiger partial charge in [-0.2, -0.15) is 0 Å². The zero-order chi connectivity index (χ0) is 18.5. The number of urea groups is 1. The third kappa shape index (κ3) is 4.89. The summed E-state index contributed by atoms with van der Waals surface area (Å²) in [7, 11) is 0. The first-order valence-electron chi connectivity index (χ1n) is 9.39. The molecule has 1 saturated heterocycles. The molecule has 2 aliphatic rings. The molecule has 6 nitrogen and oxygen atoms in total. The molecule has 1 saturated carbocycles. The molecule has 1 aliphatic carbocycles. The highest BCUT2D eigenvalue weighted by Crippen LogP contribution is 2.21. The summed E-state index contributed by atoms with van der Waals surface area (Å²) in [6.45, 7) is 5.04. The van der Waals surface area contributed by atoms with Gasteiger partial charge in [0, 0.05) is 42.9 Å². The van der Waals surface area contributed by atoms with Gasteiger partial charge in [0.15, 0.2) is 0 Å². The molecule has 3 amide bonds. The maximum atomic E-state index is 12.4. The molecule has 142 valence electrons. The number of benzene rings is 1. The van der Waals surface area contributed by atoms with E-state index in [1.807, 2.05) is 31.2 Å². The van der Waals surface area contributed by atoms with Crippen molar-refractivity contribution in [2.75, 3.05) is 31.1 Å². The van der Waals surface area contributed by atoms with Gasteiger partial charge < -0.3 is 10.2 Å². The van der Waals surface area contributed by atoms with Crippen molar-refractivity contribution in [3.63, 3.8) is 0 Å². The van der Waals surface area contributed by atoms with E-state index in [0.717, 1.165) is 62.6 Å². The first-order chi connectivity index (χ1) is 12.5. The number of nitrogens with zero attached hydrogens (tertiary/aromatic N) is 2. The predicted molar refractivity (Wildman–Crippen MR) is 104 cm³/mol. The van der Waals surface area contributed by atoms with Gasteiger partial charge in [0.05, 0.1) is 6.04 Å². The summed E-state index contributed by atoms with van der Waals surface area (Å²) in [4.78, 5) is 28.7. The molecule has 0 radical (unpaired) electrons. The highest BCUT2D eigenvalue weighted by atomic mass is 35.5. The number of anilines is 1. The molecular weight excluding hydrogens is 352 g/mol. The van der Waals surface area contributed by atoms with Crippen LogP contribution in [-0.2, 0) is 4.79 Å². The minimum atomic E-state index is -0.369. The number of carbonyl (C=O) groups excluding carboxylic acids is 2. The van der Waals surface area contributed by atoms with Gasteiger partial charge in [0.2, 0.25) is 5.91 Å². The molecule has 0 aromatic heterocycles. The first kappa shape index (κ1) is 19.0. The summed E-state index contributed by atoms with van der Waals surface area (Å²) in [6.07, 6.45) is 4.30. The third-order valence-electron chi connectivity index (χ3n) is 5.34. The van der Waals surface area contributed by atoms with Gasteiger partial charge in [-0.05, 0) is 38.0 Å². The number of hydrogen-bond donors (Lipinski definition) is 2. The minimum absolute atomic E-state index is 0.208. The summed E-state index contributed by atoms with van der Waals surface area (Å²) in [5.41, 5.74) is 1.10. The van der Waals surface area contributed by atoms with Crippen molar-refractivity contribution in [2.24, 2.45) is 0 Å². The molecule has 0 spiro atoms. The lowest BCUT2D eigenvalue weighted by atomic mass is 10.2. The molecular formula is C19H27ClN4O2. The van der Waals surface area contributed by atoms with E-state index in [9.17, 15) is 9.59 Å². The number of halogens is 1. The zero-order valence-electron chi connectivity index (χ0n) is 15.2. The van der Waals surface area contributed by atoms with Gasteiger partial charge in [0.1, 0.15) is 0 Å². The van der Waals surface area contributed by atoms with Crippen LogP contribution in [0.15, 0.2) is 24.3 Å². The van der Waals surface area contributed by atoms with Crippen LogP contribution < -0.4 is 15.5 Å². The largest absolute Gasteiger partial charge is 0.369 e. The summed E-state index contributed by atoms with van der Waals surface area (Å²) in [6, 6.07) is 7.33. The molecule has 1 aromatic carbocycles. The molecule has 1 atom stereocenters. The van der Waals surface area contributed by atoms with Crippen molar-refractivity contribution in [1.29, 1.82) is 0 Å². The van der Waals surface area contributed by atoms with Gasteiger partial charge in [-0.15, -0.1) is 0 Å². The molecule has 0 unspecified atom stereocenters. The summed E-state index contributed by atoms with van der Waals surface area (Å²) in [5.74, 6) is -0.239. The quantitative estimate of drug-likeness (QED) is 0.845. The van der Waals surface area contributed by atoms with Crippen LogP contribution in [0, 0.1) is 0 Å². The van der Waals surface area contributed by atoms with E-state index in [4.69, 9.17) is 11.6 Å². The summed E-state index contributed by atoms with van der Waals surface area (Å²) >= 11 is 6.07. The number of imide groups is 1. The standard InChI is InChI=1S/C19H27ClN4O2/c1-14(18(25)22-19(26)21-16-6-2-3-7-16)23-9-11-24(12-10-23)17-8-4-5-15(20)13-17/h4-5,8,13-14,16H,2-3,6-7,9-12H2,1H3,(H2,21,22,25,26)/t14-/m0/s1. The molecule has 3 rings (SSSR count). The highest BCUT2D eigenvalue weighted by Gasteiger charge is 2.27. The van der Waals surface area contributed by atoms with E-state index in [0.29, 0.717) is 0 Å². The van der Waals surface area contributed by atoms with Crippen molar-refractivity contribution in [2.45, 2.75) is 44.7 Å². The van der Waals surface area contributed by atoms with Crippen LogP contribution >= 0.6 is 11.6 Å². The number of nitrogens with one attached hydrogen (secondary N) is 2. The number of hydrogen-bond acceptors (Lipinski definition) is 4. The van der Waals surface area contributed by atoms with Crippen molar-refractivity contribution in [1.82, 2.24) is 15.5 Å². The topological polar surface area (TPSA) is 64.7 Å². The van der Waals surface area contributed by atoms with Crippen LogP contribution in [0.2, 0.25) is 5.02 Å². The highest BCUT2D eigenvalue weighted by molar-refractivity contribution is 6.30. The van der Waals surface area contributed by atoms with Crippen molar-refractivity contribution < 1.29 is 9.59 Å². The Balaban J connectivity index is 1.45. The lowest BCUT2D eigenvalue weighted by molar-refractivity contribution is -0.124. The average molecular weight is 379 g/mol. The lowest BCUT2D eigenvalue weighted by Gasteiger charge is -2.38. The van der Waals surface area contributed by atoms with Crippen molar-refractivity contribution in [3.8, 4) is 0 Å². The fourth-order valence-corrected chi connectivity index (χ4v) is 3.90. The number of rotatable bonds is 4. The van der Waals surface area contributed by atoms with E-state index in [2.05, 4.69) is 20.4 Å². The summed E-state index contributed by atoms with van der Waals surface area (Å²) in [5, 5.41) is 6.11. The van der Waals surface area contributed by atoms with Crippen LogP contribution in [0.4, 0.5) is 10.5 Å². The van der Waals surface area contributed by atoms with Gasteiger partial charge in [-0.3, -0.25) is 15.0 Å². The van der Waals surface area contributed by atoms with E-state index < -0.39 is 0 Å². The average Bonchev–Trinajstić information content (AvgIpc) is 3.14. The molecule has 1 aromatic rings. The maximum Gasteiger partial charge on any atom is 0.321 e. The molecule has 0 bridgehead atoms. The Morgan fingerprint density at radius 2 is 1.85 bits per heavy atom. The Morgan fingerprint density at radius 1 is 1.15 bits per heavy atom. The van der Waals surface area contributed by atoms with Gasteiger partial charge in [-0.25, -0.2) is 4.79 Å². The fraction of sp³-hybridized carbons (Fsp3) is 0.579. The molecule has 1 aliphatic heterocycles. The fourth-order valence-electron chi connectivity index (χ4n) is 3.71. The Hall–Kier alpha value is -1.79. The second-order valence-electron chi connectivity index (χ2n) is 7.12. The molecule has 2 N–H and O–H groups in total. The van der Waals surface area contributed by atoms with Gasteiger partial charge >= 0.3 is 6.03 Å². The number of piperazine rings is 1. The molecule has 2 fully saturated rings. The molecule has 7 heteroatoms. The zero-order valence-corrected chi connectivity index (χ0v) is 16.0. The van der Waals surface area contributed by atoms with E-state index in [1.54, 1.807) is 0 Å². The predicted octanol–water partition coefficient (Wildman–Crippen LogP) is 2.62. The maximum absolute atomic E-state index is 12.4. The van der Waals surface area contributed by atoms with Crippen molar-refractivity contribution in [3.05, 3.63) is 29.3 Å². The first-order valence-corrected chi connectivity index (χ1v) is 9.76. The van der Waals surface area contributed by atoms with Crippen LogP contribution in [0.3, 0.4) is 0 Å². The van der Waals surface area contributed by atoms with Gasteiger partial charge in [-0.1, -0.05) is 30.5 Å². The lowest BCUT2D eigenvalue weighted by Crippen LogP contribution is -2.56. The second-order valence-corrected chi connectivity index (χ2v) is 7.56. The molecule has 1 heterocycles. The Labute approximate surface area is 159 Å². The van der Waals surface area contributed by atoms with E-state index >= 15 is 0 Å². The van der Waals surface area contributed by atoms with Crippen molar-refractivity contribution >= 4 is 29.2 Å². The van der Waals surface area contributed by atoms with E-state index in [-0.39, 0.29) is 24.0 Å². The molecule has 26 heavy (non-hydrogen) atoms. The Kier molecular flexibility index (Phi) is 6.38. The number of amides is 3. The second kappa shape index (κ2) is 8.73. The Morgan fingerprint density at radius 3 is 2.50 bits per heavy atom. The third-order valence-corrected chi connectivity index (χ3v) is 5.58. The van der Waals surface area contributed by atoms with Crippen LogP contribution in [0.5, 0.6) is 0 Å². The van der Waals surface area contributed by atoms with Crippen LogP contribution in [0.25, 0.3) is 0 Å². The monoisotopic (exact) mass is 378 g/mol. The smallest absolute Gasteiger partial charge is 0.321 e. The number of carbonyl (C=O) groups is 2. The van der Waals surface area contributed by atoms with E-state index in [1.165, 1.54) is 0 Å². The van der Waals surface area contributed by atoms with Gasteiger partial charge in [0.25, 0.3) is 0 Å². The van der Waals surface area contributed by atoms with Crippen LogP contribution in [0.1, 0.15) is 32.6 Å². The normalized spacial score (nSPS) is 20.0. The Bertz CT molecular complexity index is 640. The summed E-state index contributed by atoms with van der Waals surface area (Å²) < 4.78 is 0. The SMILES string of the molecule is C[C@@H](C(=O)NC(=O)NC1CCCC1)N1CCN(c2cccc(Cl)c2)CC1.